The molecule has 1 aromatic carbocycles. The number of pyridine rings is 1. The van der Waals surface area contributed by atoms with Crippen LogP contribution in [0.15, 0.2) is 42.1 Å². The van der Waals surface area contributed by atoms with E-state index >= 15 is 0 Å². The number of aromatic nitrogens is 1. The molecule has 0 radical (unpaired) electrons. The number of carbonyl (C=O) groups is 1. The Bertz CT molecular complexity index is 831. The SMILES string of the molecule is C/C(C=O)=C\c1cnc(N(C)c2ccc(OC(F)(F)F)cc2)c(N(C)C)c1. The highest BCUT2D eigenvalue weighted by atomic mass is 19.4. The normalized spacial score (nSPS) is 11.9. The van der Waals surface area contributed by atoms with Crippen molar-refractivity contribution >= 4 is 29.6 Å². The van der Waals surface area contributed by atoms with Crippen LogP contribution in [0.1, 0.15) is 12.5 Å². The van der Waals surface area contributed by atoms with Gasteiger partial charge in [0.05, 0.1) is 5.69 Å². The summed E-state index contributed by atoms with van der Waals surface area (Å²) in [5.41, 5.74) is 2.78. The van der Waals surface area contributed by atoms with E-state index in [1.54, 1.807) is 31.1 Å². The first-order valence-corrected chi connectivity index (χ1v) is 8.01. The van der Waals surface area contributed by atoms with Gasteiger partial charge in [0.2, 0.25) is 0 Å². The van der Waals surface area contributed by atoms with Crippen molar-refractivity contribution < 1.29 is 22.7 Å². The lowest BCUT2D eigenvalue weighted by Gasteiger charge is -2.25. The highest BCUT2D eigenvalue weighted by molar-refractivity contribution is 5.82. The van der Waals surface area contributed by atoms with Crippen molar-refractivity contribution in [2.45, 2.75) is 13.3 Å². The highest BCUT2D eigenvalue weighted by Crippen LogP contribution is 2.33. The average molecular weight is 379 g/mol. The number of nitrogens with zero attached hydrogens (tertiary/aromatic N) is 3. The Morgan fingerprint density at radius 2 is 1.78 bits per heavy atom. The molecule has 0 atom stereocenters. The van der Waals surface area contributed by atoms with Crippen LogP contribution in [0.3, 0.4) is 0 Å². The van der Waals surface area contributed by atoms with Gasteiger partial charge in [-0.15, -0.1) is 13.2 Å². The largest absolute Gasteiger partial charge is 0.573 e. The fourth-order valence-electron chi connectivity index (χ4n) is 2.42. The molecule has 0 saturated carbocycles. The van der Waals surface area contributed by atoms with Crippen LogP contribution in [-0.2, 0) is 4.79 Å². The zero-order valence-electron chi connectivity index (χ0n) is 15.4. The first-order chi connectivity index (χ1) is 12.6. The number of allylic oxidation sites excluding steroid dienone is 1. The van der Waals surface area contributed by atoms with E-state index in [1.165, 1.54) is 24.3 Å². The summed E-state index contributed by atoms with van der Waals surface area (Å²) in [7, 11) is 5.48. The minimum atomic E-state index is -4.73. The van der Waals surface area contributed by atoms with Gasteiger partial charge in [-0.25, -0.2) is 4.98 Å². The van der Waals surface area contributed by atoms with Gasteiger partial charge < -0.3 is 14.5 Å². The zero-order valence-corrected chi connectivity index (χ0v) is 15.4. The number of anilines is 3. The van der Waals surface area contributed by atoms with Gasteiger partial charge in [-0.05, 0) is 54.5 Å². The maximum atomic E-state index is 12.3. The van der Waals surface area contributed by atoms with Gasteiger partial charge in [-0.2, -0.15) is 0 Å². The molecular weight excluding hydrogens is 359 g/mol. The number of hydrogen-bond donors (Lipinski definition) is 0. The first kappa shape index (κ1) is 20.3. The number of alkyl halides is 3. The minimum Gasteiger partial charge on any atom is -0.406 e. The van der Waals surface area contributed by atoms with Gasteiger partial charge in [-0.1, -0.05) is 0 Å². The third kappa shape index (κ3) is 5.47. The molecule has 8 heteroatoms. The molecule has 144 valence electrons. The van der Waals surface area contributed by atoms with Crippen molar-refractivity contribution in [3.05, 3.63) is 47.7 Å². The predicted octanol–water partition coefficient (Wildman–Crippen LogP) is 4.42. The van der Waals surface area contributed by atoms with E-state index in [2.05, 4.69) is 9.72 Å². The van der Waals surface area contributed by atoms with E-state index in [0.717, 1.165) is 17.5 Å². The summed E-state index contributed by atoms with van der Waals surface area (Å²) in [6.07, 6.45) is -0.608. The molecule has 0 aliphatic rings. The Hall–Kier alpha value is -3.03. The lowest BCUT2D eigenvalue weighted by atomic mass is 10.1. The van der Waals surface area contributed by atoms with Crippen molar-refractivity contribution in [2.75, 3.05) is 30.9 Å². The van der Waals surface area contributed by atoms with Gasteiger partial charge in [0, 0.05) is 33.0 Å². The zero-order chi connectivity index (χ0) is 20.2. The van der Waals surface area contributed by atoms with Crippen LogP contribution >= 0.6 is 0 Å². The van der Waals surface area contributed by atoms with Crippen LogP contribution in [0.5, 0.6) is 5.75 Å². The lowest BCUT2D eigenvalue weighted by Crippen LogP contribution is -2.19. The Morgan fingerprint density at radius 1 is 1.15 bits per heavy atom. The summed E-state index contributed by atoms with van der Waals surface area (Å²) in [6, 6.07) is 7.42. The molecule has 0 bridgehead atoms. The standard InChI is InChI=1S/C19H20F3N3O2/c1-13(12-26)9-14-10-17(24(2)3)18(23-11-14)25(4)15-5-7-16(8-6-15)27-19(20,21)22/h5-12H,1-4H3/b13-9+. The number of hydrogen-bond acceptors (Lipinski definition) is 5. The van der Waals surface area contributed by atoms with Crippen molar-refractivity contribution in [3.8, 4) is 5.75 Å². The van der Waals surface area contributed by atoms with E-state index in [-0.39, 0.29) is 5.75 Å². The van der Waals surface area contributed by atoms with Crippen molar-refractivity contribution in [1.29, 1.82) is 0 Å². The lowest BCUT2D eigenvalue weighted by molar-refractivity contribution is -0.274. The van der Waals surface area contributed by atoms with E-state index < -0.39 is 6.36 Å². The number of benzene rings is 1. The van der Waals surface area contributed by atoms with Gasteiger partial charge >= 0.3 is 6.36 Å². The third-order valence-electron chi connectivity index (χ3n) is 3.71. The quantitative estimate of drug-likeness (QED) is 0.549. The molecule has 0 spiro atoms. The molecular formula is C19H20F3N3O2. The summed E-state index contributed by atoms with van der Waals surface area (Å²) in [4.78, 5) is 18.9. The van der Waals surface area contributed by atoms with E-state index in [9.17, 15) is 18.0 Å². The van der Waals surface area contributed by atoms with E-state index in [1.807, 2.05) is 25.1 Å². The summed E-state index contributed by atoms with van der Waals surface area (Å²) < 4.78 is 40.7. The number of halogens is 3. The number of carbonyl (C=O) groups excluding carboxylic acids is 1. The number of rotatable bonds is 6. The molecule has 0 N–H and O–H groups in total. The Kier molecular flexibility index (Phi) is 6.09. The Balaban J connectivity index is 2.34. The highest BCUT2D eigenvalue weighted by Gasteiger charge is 2.31. The second-order valence-electron chi connectivity index (χ2n) is 6.11. The summed E-state index contributed by atoms with van der Waals surface area (Å²) in [5, 5.41) is 0. The van der Waals surface area contributed by atoms with E-state index in [0.29, 0.717) is 17.1 Å². The van der Waals surface area contributed by atoms with Crippen molar-refractivity contribution in [1.82, 2.24) is 4.98 Å². The van der Waals surface area contributed by atoms with Crippen LogP contribution < -0.4 is 14.5 Å². The molecule has 2 aromatic rings. The third-order valence-corrected chi connectivity index (χ3v) is 3.71. The van der Waals surface area contributed by atoms with Crippen LogP contribution in [-0.4, -0.2) is 38.8 Å². The van der Waals surface area contributed by atoms with Crippen LogP contribution in [0.2, 0.25) is 0 Å². The monoisotopic (exact) mass is 379 g/mol. The van der Waals surface area contributed by atoms with Gasteiger partial charge in [-0.3, -0.25) is 4.79 Å². The molecule has 0 amide bonds. The van der Waals surface area contributed by atoms with Gasteiger partial charge in [0.1, 0.15) is 12.0 Å². The van der Waals surface area contributed by atoms with Crippen LogP contribution in [0, 0.1) is 0 Å². The molecule has 0 unspecified atom stereocenters. The van der Waals surface area contributed by atoms with E-state index in [4.69, 9.17) is 0 Å². The topological polar surface area (TPSA) is 45.7 Å². The van der Waals surface area contributed by atoms with Crippen molar-refractivity contribution in [3.63, 3.8) is 0 Å². The van der Waals surface area contributed by atoms with Crippen molar-refractivity contribution in [2.24, 2.45) is 0 Å². The molecule has 0 aliphatic carbocycles. The number of ether oxygens (including phenoxy) is 1. The van der Waals surface area contributed by atoms with Crippen LogP contribution in [0.25, 0.3) is 6.08 Å². The second kappa shape index (κ2) is 8.11. The summed E-state index contributed by atoms with van der Waals surface area (Å²) >= 11 is 0. The molecule has 1 aromatic heterocycles. The number of aldehydes is 1. The maximum Gasteiger partial charge on any atom is 0.573 e. The molecule has 27 heavy (non-hydrogen) atoms. The fraction of sp³-hybridized carbons (Fsp3) is 0.263. The first-order valence-electron chi connectivity index (χ1n) is 8.01. The molecule has 0 aliphatic heterocycles. The molecule has 2 rings (SSSR count). The Morgan fingerprint density at radius 3 is 2.30 bits per heavy atom. The van der Waals surface area contributed by atoms with Gasteiger partial charge in [0.15, 0.2) is 5.82 Å². The second-order valence-corrected chi connectivity index (χ2v) is 6.11. The molecule has 1 heterocycles. The maximum absolute atomic E-state index is 12.3. The molecule has 0 fully saturated rings. The fourth-order valence-corrected chi connectivity index (χ4v) is 2.42. The minimum absolute atomic E-state index is 0.287. The van der Waals surface area contributed by atoms with Crippen LogP contribution in [0.4, 0.5) is 30.4 Å². The predicted molar refractivity (Wildman–Crippen MR) is 99.5 cm³/mol. The summed E-state index contributed by atoms with van der Waals surface area (Å²) in [5.74, 6) is 0.329. The van der Waals surface area contributed by atoms with Gasteiger partial charge in [0.25, 0.3) is 0 Å². The summed E-state index contributed by atoms with van der Waals surface area (Å²) in [6.45, 7) is 1.70. The Labute approximate surface area is 155 Å². The molecule has 0 saturated heterocycles. The average Bonchev–Trinajstić information content (AvgIpc) is 2.60. The smallest absolute Gasteiger partial charge is 0.406 e. The molecule has 5 nitrogen and oxygen atoms in total.